The van der Waals surface area contributed by atoms with Gasteiger partial charge in [-0.25, -0.2) is 4.79 Å². The van der Waals surface area contributed by atoms with Gasteiger partial charge in [0.15, 0.2) is 0 Å². The van der Waals surface area contributed by atoms with Gasteiger partial charge in [0.05, 0.1) is 17.7 Å². The van der Waals surface area contributed by atoms with Crippen molar-refractivity contribution in [2.24, 2.45) is 0 Å². The standard InChI is InChI=1S/C9H11N3O4/c1-7(9(13)16-2)11-5-3-8(10-11)4-6-12(14)15/h3-7H,1-2H3. The fraction of sp³-hybridized carbons (Fsp3) is 0.333. The second-order valence-electron chi connectivity index (χ2n) is 3.02. The predicted octanol–water partition coefficient (Wildman–Crippen LogP) is 0.864. The summed E-state index contributed by atoms with van der Waals surface area (Å²) in [5.74, 6) is -0.423. The lowest BCUT2D eigenvalue weighted by atomic mass is 10.3. The molecule has 16 heavy (non-hydrogen) atoms. The molecule has 1 atom stereocenters. The largest absolute Gasteiger partial charge is 0.467 e. The van der Waals surface area contributed by atoms with E-state index < -0.39 is 16.9 Å². The molecule has 0 aliphatic heterocycles. The molecule has 0 N–H and O–H groups in total. The van der Waals surface area contributed by atoms with E-state index in [1.54, 1.807) is 19.2 Å². The number of hydrogen-bond acceptors (Lipinski definition) is 5. The SMILES string of the molecule is COC(=O)C(C)n1ccc(C=C[N+](=O)[O-])n1. The molecule has 7 nitrogen and oxygen atoms in total. The van der Waals surface area contributed by atoms with Crippen LogP contribution < -0.4 is 0 Å². The number of esters is 1. The highest BCUT2D eigenvalue weighted by Gasteiger charge is 2.15. The van der Waals surface area contributed by atoms with E-state index in [-0.39, 0.29) is 0 Å². The monoisotopic (exact) mass is 225 g/mol. The third kappa shape index (κ3) is 2.91. The second-order valence-corrected chi connectivity index (χ2v) is 3.02. The Balaban J connectivity index is 2.78. The number of hydrogen-bond donors (Lipinski definition) is 0. The normalized spacial score (nSPS) is 12.6. The first kappa shape index (κ1) is 11.9. The predicted molar refractivity (Wildman–Crippen MR) is 55.0 cm³/mol. The minimum absolute atomic E-state index is 0.410. The van der Waals surface area contributed by atoms with E-state index in [1.807, 2.05) is 0 Å². The lowest BCUT2D eigenvalue weighted by Gasteiger charge is -2.08. The van der Waals surface area contributed by atoms with Crippen LogP contribution in [0.25, 0.3) is 6.08 Å². The van der Waals surface area contributed by atoms with Crippen LogP contribution in [0.3, 0.4) is 0 Å². The summed E-state index contributed by atoms with van der Waals surface area (Å²) in [4.78, 5) is 20.7. The fourth-order valence-electron chi connectivity index (χ4n) is 1.07. The first-order valence-corrected chi connectivity index (χ1v) is 4.49. The molecule has 0 radical (unpaired) electrons. The van der Waals surface area contributed by atoms with Gasteiger partial charge < -0.3 is 4.74 Å². The van der Waals surface area contributed by atoms with Crippen molar-refractivity contribution >= 4 is 12.0 Å². The number of aromatic nitrogens is 2. The quantitative estimate of drug-likeness (QED) is 0.431. The van der Waals surface area contributed by atoms with Crippen molar-refractivity contribution in [3.05, 3.63) is 34.3 Å². The minimum Gasteiger partial charge on any atom is -0.467 e. The molecule has 0 bridgehead atoms. The van der Waals surface area contributed by atoms with Gasteiger partial charge in [-0.15, -0.1) is 0 Å². The molecule has 0 saturated carbocycles. The molecular weight excluding hydrogens is 214 g/mol. The summed E-state index contributed by atoms with van der Waals surface area (Å²) in [5.41, 5.74) is 0.410. The lowest BCUT2D eigenvalue weighted by molar-refractivity contribution is -0.401. The average molecular weight is 225 g/mol. The Morgan fingerprint density at radius 1 is 1.75 bits per heavy atom. The van der Waals surface area contributed by atoms with Crippen molar-refractivity contribution in [3.8, 4) is 0 Å². The summed E-state index contributed by atoms with van der Waals surface area (Å²) in [7, 11) is 1.29. The molecule has 0 amide bonds. The molecular formula is C9H11N3O4. The Bertz CT molecular complexity index is 424. The minimum atomic E-state index is -0.581. The third-order valence-corrected chi connectivity index (χ3v) is 1.94. The van der Waals surface area contributed by atoms with Crippen LogP contribution in [0.15, 0.2) is 18.5 Å². The highest BCUT2D eigenvalue weighted by molar-refractivity contribution is 5.73. The van der Waals surface area contributed by atoms with E-state index >= 15 is 0 Å². The van der Waals surface area contributed by atoms with Crippen molar-refractivity contribution in [1.29, 1.82) is 0 Å². The van der Waals surface area contributed by atoms with Gasteiger partial charge in [-0.05, 0) is 13.0 Å². The molecule has 1 aromatic rings. The topological polar surface area (TPSA) is 87.3 Å². The molecule has 0 fully saturated rings. The number of rotatable bonds is 4. The maximum atomic E-state index is 11.2. The van der Waals surface area contributed by atoms with E-state index in [9.17, 15) is 14.9 Å². The van der Waals surface area contributed by atoms with Crippen LogP contribution in [-0.2, 0) is 9.53 Å². The second kappa shape index (κ2) is 5.06. The molecule has 1 aromatic heterocycles. The third-order valence-electron chi connectivity index (χ3n) is 1.94. The first-order chi connectivity index (χ1) is 7.54. The number of ether oxygens (including phenoxy) is 1. The molecule has 1 rings (SSSR count). The Morgan fingerprint density at radius 3 is 3.00 bits per heavy atom. The summed E-state index contributed by atoms with van der Waals surface area (Å²) < 4.78 is 5.93. The summed E-state index contributed by atoms with van der Waals surface area (Å²) in [6, 6.07) is 1.02. The lowest BCUT2D eigenvalue weighted by Crippen LogP contribution is -2.18. The van der Waals surface area contributed by atoms with Crippen molar-refractivity contribution < 1.29 is 14.5 Å². The zero-order valence-corrected chi connectivity index (χ0v) is 8.86. The van der Waals surface area contributed by atoms with Crippen LogP contribution in [0.2, 0.25) is 0 Å². The van der Waals surface area contributed by atoms with Gasteiger partial charge in [0, 0.05) is 12.3 Å². The first-order valence-electron chi connectivity index (χ1n) is 4.49. The van der Waals surface area contributed by atoms with Gasteiger partial charge in [0.2, 0.25) is 6.20 Å². The molecule has 1 unspecified atom stereocenters. The van der Waals surface area contributed by atoms with Gasteiger partial charge in [-0.3, -0.25) is 14.8 Å². The maximum absolute atomic E-state index is 11.2. The van der Waals surface area contributed by atoms with E-state index in [4.69, 9.17) is 0 Å². The number of nitro groups is 1. The molecule has 0 aliphatic rings. The van der Waals surface area contributed by atoms with Crippen molar-refractivity contribution in [3.63, 3.8) is 0 Å². The molecule has 0 spiro atoms. The van der Waals surface area contributed by atoms with Crippen LogP contribution in [-0.4, -0.2) is 27.8 Å². The van der Waals surface area contributed by atoms with Crippen LogP contribution in [0.5, 0.6) is 0 Å². The fourth-order valence-corrected chi connectivity index (χ4v) is 1.07. The Hall–Kier alpha value is -2.18. The Labute approximate surface area is 91.5 Å². The number of carbonyl (C=O) groups is 1. The average Bonchev–Trinajstić information content (AvgIpc) is 2.72. The van der Waals surface area contributed by atoms with Crippen LogP contribution >= 0.6 is 0 Å². The molecule has 7 heteroatoms. The van der Waals surface area contributed by atoms with E-state index in [0.717, 1.165) is 6.20 Å². The molecule has 1 heterocycles. The number of methoxy groups -OCH3 is 1. The van der Waals surface area contributed by atoms with Crippen molar-refractivity contribution in [1.82, 2.24) is 9.78 Å². The van der Waals surface area contributed by atoms with Gasteiger partial charge in [-0.2, -0.15) is 5.10 Å². The number of nitrogens with zero attached hydrogens (tertiary/aromatic N) is 3. The van der Waals surface area contributed by atoms with E-state index in [0.29, 0.717) is 5.69 Å². The summed E-state index contributed by atoms with van der Waals surface area (Å²) >= 11 is 0. The van der Waals surface area contributed by atoms with Gasteiger partial charge in [0.1, 0.15) is 6.04 Å². The van der Waals surface area contributed by atoms with E-state index in [2.05, 4.69) is 9.84 Å². The zero-order chi connectivity index (χ0) is 12.1. The summed E-state index contributed by atoms with van der Waals surface area (Å²) in [6.45, 7) is 1.62. The molecule has 0 saturated heterocycles. The molecule has 0 aliphatic carbocycles. The van der Waals surface area contributed by atoms with Gasteiger partial charge in [-0.1, -0.05) is 0 Å². The number of carbonyl (C=O) groups excluding carboxylic acids is 1. The van der Waals surface area contributed by atoms with Crippen molar-refractivity contribution in [2.45, 2.75) is 13.0 Å². The summed E-state index contributed by atoms with van der Waals surface area (Å²) in [6.07, 6.45) is 3.59. The van der Waals surface area contributed by atoms with Crippen LogP contribution in [0.4, 0.5) is 0 Å². The van der Waals surface area contributed by atoms with Gasteiger partial charge >= 0.3 is 5.97 Å². The molecule has 0 aromatic carbocycles. The Morgan fingerprint density at radius 2 is 2.44 bits per heavy atom. The van der Waals surface area contributed by atoms with Crippen LogP contribution in [0.1, 0.15) is 18.7 Å². The van der Waals surface area contributed by atoms with Crippen LogP contribution in [0, 0.1) is 10.1 Å². The highest BCUT2D eigenvalue weighted by atomic mass is 16.6. The highest BCUT2D eigenvalue weighted by Crippen LogP contribution is 2.08. The van der Waals surface area contributed by atoms with Crippen molar-refractivity contribution in [2.75, 3.05) is 7.11 Å². The zero-order valence-electron chi connectivity index (χ0n) is 8.86. The Kier molecular flexibility index (Phi) is 3.76. The maximum Gasteiger partial charge on any atom is 0.330 e. The van der Waals surface area contributed by atoms with E-state index in [1.165, 1.54) is 17.9 Å². The molecule has 86 valence electrons. The smallest absolute Gasteiger partial charge is 0.330 e. The summed E-state index contributed by atoms with van der Waals surface area (Å²) in [5, 5.41) is 14.1. The van der Waals surface area contributed by atoms with Gasteiger partial charge in [0.25, 0.3) is 0 Å².